The largest absolute Gasteiger partial charge is 0.506 e. The van der Waals surface area contributed by atoms with E-state index in [0.717, 1.165) is 31.7 Å². The van der Waals surface area contributed by atoms with Crippen LogP contribution in [0.5, 0.6) is 5.75 Å². The Balaban J connectivity index is 2.32. The van der Waals surface area contributed by atoms with E-state index in [1.165, 1.54) is 0 Å². The molecule has 18 heavy (non-hydrogen) atoms. The fourth-order valence-electron chi connectivity index (χ4n) is 2.23. The van der Waals surface area contributed by atoms with Gasteiger partial charge in [0.1, 0.15) is 10.8 Å². The van der Waals surface area contributed by atoms with Gasteiger partial charge in [0.2, 0.25) is 0 Å². The normalized spacial score (nSPS) is 18.6. The Labute approximate surface area is 117 Å². The third-order valence-corrected chi connectivity index (χ3v) is 3.98. The average Bonchev–Trinajstić information content (AvgIpc) is 2.41. The predicted octanol–water partition coefficient (Wildman–Crippen LogP) is 2.83. The molecule has 0 saturated carbocycles. The number of phenols is 1. The first kappa shape index (κ1) is 13.7. The minimum absolute atomic E-state index is 0.0399. The van der Waals surface area contributed by atoms with E-state index in [1.807, 2.05) is 6.08 Å². The summed E-state index contributed by atoms with van der Waals surface area (Å²) in [6.45, 7) is 7.56. The van der Waals surface area contributed by atoms with Gasteiger partial charge in [-0.2, -0.15) is 0 Å². The molecule has 0 unspecified atom stereocenters. The van der Waals surface area contributed by atoms with Crippen LogP contribution in [0.4, 0.5) is 0 Å². The fraction of sp³-hybridized carbons (Fsp3) is 0.385. The van der Waals surface area contributed by atoms with Gasteiger partial charge in [-0.25, -0.2) is 0 Å². The summed E-state index contributed by atoms with van der Waals surface area (Å²) in [5.41, 5.74) is 0.751. The van der Waals surface area contributed by atoms with Crippen molar-refractivity contribution in [3.8, 4) is 5.75 Å². The molecule has 1 aliphatic rings. The van der Waals surface area contributed by atoms with Crippen molar-refractivity contribution in [2.45, 2.75) is 6.04 Å². The van der Waals surface area contributed by atoms with E-state index in [1.54, 1.807) is 12.1 Å². The number of nitrogens with one attached hydrogen (secondary N) is 1. The van der Waals surface area contributed by atoms with Crippen molar-refractivity contribution in [2.75, 3.05) is 26.2 Å². The molecule has 5 heteroatoms. The Morgan fingerprint density at radius 2 is 2.00 bits per heavy atom. The molecule has 0 spiro atoms. The van der Waals surface area contributed by atoms with Crippen molar-refractivity contribution in [3.05, 3.63) is 40.4 Å². The summed E-state index contributed by atoms with van der Waals surface area (Å²) < 4.78 is 0. The fourth-order valence-corrected chi connectivity index (χ4v) is 2.55. The van der Waals surface area contributed by atoms with Crippen molar-refractivity contribution >= 4 is 23.2 Å². The van der Waals surface area contributed by atoms with Gasteiger partial charge in [0, 0.05) is 31.7 Å². The van der Waals surface area contributed by atoms with E-state index in [4.69, 9.17) is 23.2 Å². The van der Waals surface area contributed by atoms with Crippen LogP contribution in [-0.2, 0) is 0 Å². The van der Waals surface area contributed by atoms with E-state index in [2.05, 4.69) is 16.8 Å². The molecule has 3 nitrogen and oxygen atoms in total. The van der Waals surface area contributed by atoms with Crippen LogP contribution in [-0.4, -0.2) is 36.2 Å². The zero-order valence-electron chi connectivity index (χ0n) is 10.00. The summed E-state index contributed by atoms with van der Waals surface area (Å²) in [5, 5.41) is 14.0. The monoisotopic (exact) mass is 286 g/mol. The highest BCUT2D eigenvalue weighted by atomic mass is 35.5. The molecule has 1 aromatic rings. The lowest BCUT2D eigenvalue weighted by molar-refractivity contribution is 0.201. The van der Waals surface area contributed by atoms with E-state index >= 15 is 0 Å². The number of hydrogen-bond donors (Lipinski definition) is 2. The molecule has 0 radical (unpaired) electrons. The smallest absolute Gasteiger partial charge is 0.140 e. The predicted molar refractivity (Wildman–Crippen MR) is 75.5 cm³/mol. The maximum Gasteiger partial charge on any atom is 0.140 e. The molecule has 0 amide bonds. The summed E-state index contributed by atoms with van der Waals surface area (Å²) in [6.07, 6.45) is 1.82. The van der Waals surface area contributed by atoms with Crippen LogP contribution in [0.2, 0.25) is 10.0 Å². The van der Waals surface area contributed by atoms with Gasteiger partial charge in [0.25, 0.3) is 0 Å². The highest BCUT2D eigenvalue weighted by molar-refractivity contribution is 6.43. The molecule has 2 rings (SSSR count). The molecule has 1 atom stereocenters. The summed E-state index contributed by atoms with van der Waals surface area (Å²) in [5.74, 6) is 0.0487. The summed E-state index contributed by atoms with van der Waals surface area (Å²) in [4.78, 5) is 2.25. The number of hydrogen-bond acceptors (Lipinski definition) is 3. The third kappa shape index (κ3) is 2.64. The molecule has 0 aromatic heterocycles. The van der Waals surface area contributed by atoms with Gasteiger partial charge in [-0.15, -0.1) is 6.58 Å². The van der Waals surface area contributed by atoms with E-state index in [-0.39, 0.29) is 16.8 Å². The first-order chi connectivity index (χ1) is 8.65. The van der Waals surface area contributed by atoms with Crippen molar-refractivity contribution in [1.82, 2.24) is 10.2 Å². The van der Waals surface area contributed by atoms with Crippen LogP contribution in [0.15, 0.2) is 24.8 Å². The maximum atomic E-state index is 10.1. The number of phenolic OH excluding ortho intramolecular Hbond substituents is 1. The van der Waals surface area contributed by atoms with Crippen molar-refractivity contribution in [2.24, 2.45) is 0 Å². The van der Waals surface area contributed by atoms with Crippen LogP contribution >= 0.6 is 23.2 Å². The van der Waals surface area contributed by atoms with Crippen LogP contribution in [0.25, 0.3) is 0 Å². The van der Waals surface area contributed by atoms with Gasteiger partial charge in [-0.1, -0.05) is 35.3 Å². The topological polar surface area (TPSA) is 35.5 Å². The van der Waals surface area contributed by atoms with Gasteiger partial charge < -0.3 is 10.4 Å². The Kier molecular flexibility index (Phi) is 4.51. The van der Waals surface area contributed by atoms with Crippen LogP contribution in [0, 0.1) is 0 Å². The van der Waals surface area contributed by atoms with Crippen LogP contribution in [0.3, 0.4) is 0 Å². The number of rotatable bonds is 3. The average molecular weight is 287 g/mol. The molecular weight excluding hydrogens is 271 g/mol. The van der Waals surface area contributed by atoms with Crippen molar-refractivity contribution in [3.63, 3.8) is 0 Å². The SMILES string of the molecule is C=C[C@H](c1ccc(Cl)c(Cl)c1O)N1CCNCC1. The minimum Gasteiger partial charge on any atom is -0.506 e. The second-order valence-corrected chi connectivity index (χ2v) is 5.05. The number of halogens is 2. The first-order valence-corrected chi connectivity index (χ1v) is 6.65. The second kappa shape index (κ2) is 5.93. The highest BCUT2D eigenvalue weighted by Crippen LogP contribution is 2.39. The van der Waals surface area contributed by atoms with Gasteiger partial charge in [0.05, 0.1) is 11.1 Å². The van der Waals surface area contributed by atoms with E-state index < -0.39 is 0 Å². The second-order valence-electron chi connectivity index (χ2n) is 4.27. The lowest BCUT2D eigenvalue weighted by Gasteiger charge is -2.33. The molecule has 1 heterocycles. The molecule has 0 aliphatic carbocycles. The minimum atomic E-state index is -0.0399. The van der Waals surface area contributed by atoms with Gasteiger partial charge in [0.15, 0.2) is 0 Å². The quantitative estimate of drug-likeness (QED) is 0.839. The van der Waals surface area contributed by atoms with Gasteiger partial charge in [-0.3, -0.25) is 4.90 Å². The Morgan fingerprint density at radius 3 is 2.61 bits per heavy atom. The van der Waals surface area contributed by atoms with E-state index in [9.17, 15) is 5.11 Å². The third-order valence-electron chi connectivity index (χ3n) is 3.19. The van der Waals surface area contributed by atoms with E-state index in [0.29, 0.717) is 5.02 Å². The summed E-state index contributed by atoms with van der Waals surface area (Å²) in [6, 6.07) is 3.47. The van der Waals surface area contributed by atoms with Crippen LogP contribution in [0.1, 0.15) is 11.6 Å². The molecule has 98 valence electrons. The molecule has 1 aromatic carbocycles. The Morgan fingerprint density at radius 1 is 1.33 bits per heavy atom. The Bertz CT molecular complexity index is 445. The zero-order chi connectivity index (χ0) is 13.1. The standard InChI is InChI=1S/C13H16Cl2N2O/c1-2-11(17-7-5-16-6-8-17)9-3-4-10(14)12(15)13(9)18/h2-4,11,16,18H,1,5-8H2/t11-/m1/s1. The molecule has 1 saturated heterocycles. The number of piperazine rings is 1. The molecule has 0 bridgehead atoms. The summed E-state index contributed by atoms with van der Waals surface area (Å²) in [7, 11) is 0. The molecular formula is C13H16Cl2N2O. The maximum absolute atomic E-state index is 10.1. The Hall–Kier alpha value is -0.740. The van der Waals surface area contributed by atoms with Crippen molar-refractivity contribution < 1.29 is 5.11 Å². The number of nitrogens with zero attached hydrogens (tertiary/aromatic N) is 1. The van der Waals surface area contributed by atoms with Crippen molar-refractivity contribution in [1.29, 1.82) is 0 Å². The lowest BCUT2D eigenvalue weighted by Crippen LogP contribution is -2.44. The van der Waals surface area contributed by atoms with Gasteiger partial charge >= 0.3 is 0 Å². The van der Waals surface area contributed by atoms with Gasteiger partial charge in [-0.05, 0) is 6.07 Å². The molecule has 1 aliphatic heterocycles. The zero-order valence-corrected chi connectivity index (χ0v) is 11.5. The molecule has 2 N–H and O–H groups in total. The van der Waals surface area contributed by atoms with Crippen LogP contribution < -0.4 is 5.32 Å². The molecule has 1 fully saturated rings. The number of aromatic hydroxyl groups is 1. The highest BCUT2D eigenvalue weighted by Gasteiger charge is 2.23. The summed E-state index contributed by atoms with van der Waals surface area (Å²) >= 11 is 11.9. The lowest BCUT2D eigenvalue weighted by atomic mass is 10.0. The first-order valence-electron chi connectivity index (χ1n) is 5.89. The number of benzene rings is 1.